The lowest BCUT2D eigenvalue weighted by molar-refractivity contribution is -0.140. The number of rotatable bonds is 6. The van der Waals surface area contributed by atoms with Gasteiger partial charge in [-0.05, 0) is 44.2 Å². The number of nitrogens with two attached hydrogens (primary N) is 2. The molecular weight excluding hydrogens is 326 g/mol. The Kier molecular flexibility index (Phi) is 9.79. The number of amides is 1. The molecule has 118 valence electrons. The zero-order valence-electron chi connectivity index (χ0n) is 12.0. The number of hydrogen-bond acceptors (Lipinski definition) is 4. The summed E-state index contributed by atoms with van der Waals surface area (Å²) in [5, 5.41) is 12.5. The van der Waals surface area contributed by atoms with Crippen molar-refractivity contribution in [2.45, 2.75) is 45.1 Å². The molecule has 1 saturated carbocycles. The summed E-state index contributed by atoms with van der Waals surface area (Å²) in [5.74, 6) is -1.05. The summed E-state index contributed by atoms with van der Waals surface area (Å²) in [6.07, 6.45) is 4.21. The number of carboxylic acids is 1. The largest absolute Gasteiger partial charge is 0.481 e. The lowest BCUT2D eigenvalue weighted by atomic mass is 9.70. The molecule has 1 fully saturated rings. The fourth-order valence-electron chi connectivity index (χ4n) is 2.50. The van der Waals surface area contributed by atoms with Gasteiger partial charge in [-0.1, -0.05) is 22.9 Å². The van der Waals surface area contributed by atoms with Crippen LogP contribution in [0.25, 0.3) is 0 Å². The van der Waals surface area contributed by atoms with E-state index in [-0.39, 0.29) is 23.1 Å². The van der Waals surface area contributed by atoms with Gasteiger partial charge in [-0.15, -0.1) is 0 Å². The first kappa shape index (κ1) is 19.3. The smallest absolute Gasteiger partial charge is 0.303 e. The van der Waals surface area contributed by atoms with Crippen LogP contribution >= 0.6 is 15.9 Å². The maximum atomic E-state index is 10.8. The van der Waals surface area contributed by atoms with Crippen LogP contribution in [0.2, 0.25) is 0 Å². The van der Waals surface area contributed by atoms with E-state index in [0.717, 1.165) is 32.2 Å². The second kappa shape index (κ2) is 10.1. The van der Waals surface area contributed by atoms with Gasteiger partial charge in [-0.2, -0.15) is 0 Å². The molecule has 7 heteroatoms. The number of aliphatic carboxylic acids is 1. The maximum absolute atomic E-state index is 10.8. The van der Waals surface area contributed by atoms with Gasteiger partial charge in [0.2, 0.25) is 5.91 Å². The van der Waals surface area contributed by atoms with Crippen molar-refractivity contribution in [3.63, 3.8) is 0 Å². The van der Waals surface area contributed by atoms with Gasteiger partial charge in [0.25, 0.3) is 0 Å². The minimum absolute atomic E-state index is 0.141. The fourth-order valence-corrected chi connectivity index (χ4v) is 2.50. The van der Waals surface area contributed by atoms with Crippen molar-refractivity contribution in [1.29, 1.82) is 0 Å². The van der Waals surface area contributed by atoms with Gasteiger partial charge < -0.3 is 21.9 Å². The highest BCUT2D eigenvalue weighted by Gasteiger charge is 2.35. The van der Waals surface area contributed by atoms with Crippen molar-refractivity contribution in [3.8, 4) is 0 Å². The third-order valence-electron chi connectivity index (χ3n) is 3.63. The lowest BCUT2D eigenvalue weighted by Crippen LogP contribution is -2.42. The van der Waals surface area contributed by atoms with Crippen molar-refractivity contribution in [3.05, 3.63) is 0 Å². The van der Waals surface area contributed by atoms with Crippen LogP contribution in [0.3, 0.4) is 0 Å². The zero-order valence-corrected chi connectivity index (χ0v) is 13.6. The average Bonchev–Trinajstić information content (AvgIpc) is 2.41. The number of halogens is 1. The molecule has 6 N–H and O–H groups in total. The van der Waals surface area contributed by atoms with Gasteiger partial charge >= 0.3 is 5.97 Å². The van der Waals surface area contributed by atoms with Crippen LogP contribution in [0.4, 0.5) is 0 Å². The first-order valence-electron chi connectivity index (χ1n) is 6.88. The van der Waals surface area contributed by atoms with Crippen LogP contribution < -0.4 is 16.8 Å². The molecule has 0 radical (unpaired) electrons. The predicted molar refractivity (Wildman–Crippen MR) is 82.7 cm³/mol. The molecule has 1 amide bonds. The first-order valence-corrected chi connectivity index (χ1v) is 8.00. The van der Waals surface area contributed by atoms with Crippen molar-refractivity contribution >= 4 is 27.8 Å². The number of nitrogens with one attached hydrogen (secondary N) is 1. The summed E-state index contributed by atoms with van der Waals surface area (Å²) in [5.41, 5.74) is 10.2. The standard InChI is InChI=1S/C11H22N2O2.C2H4BrNO/c1-2-13-9-3-5-11(8-12,6-4-9)7-10(14)15;3-1-2(4)5/h9,13H,2-8,12H2,1H3,(H,14,15);1H2,(H2,4,5). The van der Waals surface area contributed by atoms with E-state index >= 15 is 0 Å². The van der Waals surface area contributed by atoms with Crippen LogP contribution in [0.5, 0.6) is 0 Å². The molecule has 0 aliphatic heterocycles. The third-order valence-corrected chi connectivity index (χ3v) is 4.18. The summed E-state index contributed by atoms with van der Waals surface area (Å²) in [7, 11) is 0. The lowest BCUT2D eigenvalue weighted by Gasteiger charge is -2.38. The Bertz CT molecular complexity index is 305. The van der Waals surface area contributed by atoms with Crippen LogP contribution in [-0.2, 0) is 9.59 Å². The number of hydrogen-bond donors (Lipinski definition) is 4. The maximum Gasteiger partial charge on any atom is 0.303 e. The highest BCUT2D eigenvalue weighted by molar-refractivity contribution is 9.09. The molecular formula is C13H26BrN3O3. The molecule has 0 aromatic carbocycles. The highest BCUT2D eigenvalue weighted by Crippen LogP contribution is 2.38. The monoisotopic (exact) mass is 351 g/mol. The normalized spacial score (nSPS) is 25.4. The molecule has 0 saturated heterocycles. The summed E-state index contributed by atoms with van der Waals surface area (Å²) in [6, 6.07) is 0.559. The molecule has 6 nitrogen and oxygen atoms in total. The SMILES string of the molecule is CCNC1CCC(CN)(CC(=O)O)CC1.NC(=O)CBr. The fraction of sp³-hybridized carbons (Fsp3) is 0.846. The molecule has 1 aliphatic rings. The molecule has 0 atom stereocenters. The van der Waals surface area contributed by atoms with Crippen LogP contribution in [-0.4, -0.2) is 41.4 Å². The number of alkyl halides is 1. The van der Waals surface area contributed by atoms with Crippen LogP contribution in [0, 0.1) is 5.41 Å². The molecule has 0 bridgehead atoms. The summed E-state index contributed by atoms with van der Waals surface area (Å²) in [6.45, 7) is 3.58. The Morgan fingerprint density at radius 1 is 1.40 bits per heavy atom. The van der Waals surface area contributed by atoms with E-state index in [2.05, 4.69) is 33.9 Å². The Morgan fingerprint density at radius 3 is 2.20 bits per heavy atom. The Morgan fingerprint density at radius 2 is 1.90 bits per heavy atom. The van der Waals surface area contributed by atoms with E-state index in [0.29, 0.717) is 12.6 Å². The molecule has 1 aliphatic carbocycles. The third kappa shape index (κ3) is 7.81. The summed E-state index contributed by atoms with van der Waals surface area (Å²) < 4.78 is 0. The van der Waals surface area contributed by atoms with Crippen molar-refractivity contribution in [2.75, 3.05) is 18.4 Å². The minimum atomic E-state index is -0.720. The number of carbonyl (C=O) groups excluding carboxylic acids is 1. The molecule has 0 aromatic heterocycles. The number of primary amides is 1. The number of carboxylic acid groups (broad SMARTS) is 1. The Hall–Kier alpha value is -0.660. The first-order chi connectivity index (χ1) is 9.39. The summed E-state index contributed by atoms with van der Waals surface area (Å²) in [4.78, 5) is 20.3. The van der Waals surface area contributed by atoms with E-state index in [4.69, 9.17) is 10.8 Å². The van der Waals surface area contributed by atoms with E-state index in [9.17, 15) is 9.59 Å². The van der Waals surface area contributed by atoms with Gasteiger partial charge in [0.05, 0.1) is 11.8 Å². The van der Waals surface area contributed by atoms with E-state index in [1.54, 1.807) is 0 Å². The molecule has 1 rings (SSSR count). The van der Waals surface area contributed by atoms with Gasteiger partial charge in [0.15, 0.2) is 0 Å². The van der Waals surface area contributed by atoms with Crippen molar-refractivity contribution in [2.24, 2.45) is 16.9 Å². The molecule has 20 heavy (non-hydrogen) atoms. The van der Waals surface area contributed by atoms with Gasteiger partial charge in [0.1, 0.15) is 0 Å². The molecule has 0 aromatic rings. The van der Waals surface area contributed by atoms with Crippen LogP contribution in [0.1, 0.15) is 39.0 Å². The molecule has 0 spiro atoms. The van der Waals surface area contributed by atoms with Gasteiger partial charge in [-0.25, -0.2) is 0 Å². The van der Waals surface area contributed by atoms with E-state index < -0.39 is 5.97 Å². The van der Waals surface area contributed by atoms with Gasteiger partial charge in [0, 0.05) is 6.04 Å². The Balaban J connectivity index is 0.000000621. The average molecular weight is 352 g/mol. The highest BCUT2D eigenvalue weighted by atomic mass is 79.9. The molecule has 0 heterocycles. The minimum Gasteiger partial charge on any atom is -0.481 e. The molecule has 0 unspecified atom stereocenters. The van der Waals surface area contributed by atoms with Crippen LogP contribution in [0.15, 0.2) is 0 Å². The van der Waals surface area contributed by atoms with Gasteiger partial charge in [-0.3, -0.25) is 9.59 Å². The number of carbonyl (C=O) groups is 2. The van der Waals surface area contributed by atoms with E-state index in [1.807, 2.05) is 0 Å². The second-order valence-corrected chi connectivity index (χ2v) is 5.77. The zero-order chi connectivity index (χ0) is 15.6. The van der Waals surface area contributed by atoms with Crippen molar-refractivity contribution < 1.29 is 14.7 Å². The Labute approximate surface area is 128 Å². The van der Waals surface area contributed by atoms with Crippen molar-refractivity contribution in [1.82, 2.24) is 5.32 Å². The van der Waals surface area contributed by atoms with E-state index in [1.165, 1.54) is 0 Å². The second-order valence-electron chi connectivity index (χ2n) is 5.21. The quantitative estimate of drug-likeness (QED) is 0.528. The topological polar surface area (TPSA) is 118 Å². The summed E-state index contributed by atoms with van der Waals surface area (Å²) >= 11 is 2.84. The predicted octanol–water partition coefficient (Wildman–Crippen LogP) is 0.825.